The molecule has 2 heterocycles. The summed E-state index contributed by atoms with van der Waals surface area (Å²) < 4.78 is 5.46. The Bertz CT molecular complexity index is 815. The Balaban J connectivity index is 2.30. The van der Waals surface area contributed by atoms with Crippen molar-refractivity contribution >= 4 is 51.6 Å². The van der Waals surface area contributed by atoms with Crippen LogP contribution in [0.15, 0.2) is 30.5 Å². The summed E-state index contributed by atoms with van der Waals surface area (Å²) in [5.41, 5.74) is 1.23. The standard InChI is InChI=1S/C14H10BNO3S/c1-19-14(18)12(17)13-11(15)10-7-3-2-6-16-8(7)4-5-9(10)20-13/h2-6,12,17H,1H3. The lowest BCUT2D eigenvalue weighted by Crippen LogP contribution is -2.19. The van der Waals surface area contributed by atoms with Gasteiger partial charge in [-0.15, -0.1) is 11.3 Å². The largest absolute Gasteiger partial charge is 0.467 e. The van der Waals surface area contributed by atoms with Gasteiger partial charge in [-0.2, -0.15) is 0 Å². The van der Waals surface area contributed by atoms with Crippen LogP contribution < -0.4 is 5.46 Å². The third-order valence-electron chi connectivity index (χ3n) is 3.17. The summed E-state index contributed by atoms with van der Waals surface area (Å²) in [6, 6.07) is 7.53. The average Bonchev–Trinajstić information content (AvgIpc) is 2.83. The number of ether oxygens (including phenoxy) is 1. The Hall–Kier alpha value is -1.92. The SMILES string of the molecule is [B]c1c(C(O)C(=O)OC)sc2ccc3ncccc3c12. The van der Waals surface area contributed by atoms with Gasteiger partial charge < -0.3 is 9.84 Å². The quantitative estimate of drug-likeness (QED) is 0.571. The molecule has 1 atom stereocenters. The highest BCUT2D eigenvalue weighted by Gasteiger charge is 2.23. The Morgan fingerprint density at radius 2 is 2.25 bits per heavy atom. The third-order valence-corrected chi connectivity index (χ3v) is 4.40. The van der Waals surface area contributed by atoms with Crippen molar-refractivity contribution in [1.82, 2.24) is 4.98 Å². The van der Waals surface area contributed by atoms with Crippen LogP contribution in [0.5, 0.6) is 0 Å². The van der Waals surface area contributed by atoms with Crippen molar-refractivity contribution in [3.8, 4) is 0 Å². The number of thiophene rings is 1. The Morgan fingerprint density at radius 3 is 3.00 bits per heavy atom. The molecule has 0 bridgehead atoms. The molecule has 0 aliphatic heterocycles. The molecule has 1 N–H and O–H groups in total. The van der Waals surface area contributed by atoms with E-state index in [2.05, 4.69) is 9.72 Å². The zero-order valence-corrected chi connectivity index (χ0v) is 11.5. The average molecular weight is 283 g/mol. The fourth-order valence-electron chi connectivity index (χ4n) is 2.21. The zero-order valence-electron chi connectivity index (χ0n) is 10.7. The van der Waals surface area contributed by atoms with Gasteiger partial charge in [0.1, 0.15) is 7.85 Å². The van der Waals surface area contributed by atoms with E-state index in [4.69, 9.17) is 7.85 Å². The van der Waals surface area contributed by atoms with E-state index < -0.39 is 12.1 Å². The zero-order chi connectivity index (χ0) is 14.3. The van der Waals surface area contributed by atoms with Crippen LogP contribution in [0.1, 0.15) is 11.0 Å². The van der Waals surface area contributed by atoms with Crippen molar-refractivity contribution in [3.05, 3.63) is 35.3 Å². The van der Waals surface area contributed by atoms with Crippen LogP contribution in [0.4, 0.5) is 0 Å². The molecule has 98 valence electrons. The summed E-state index contributed by atoms with van der Waals surface area (Å²) in [6.45, 7) is 0. The number of aliphatic hydroxyl groups excluding tert-OH is 1. The molecule has 4 nitrogen and oxygen atoms in total. The number of hydrogen-bond acceptors (Lipinski definition) is 5. The first-order chi connectivity index (χ1) is 9.63. The first-order valence-corrected chi connectivity index (χ1v) is 6.76. The Morgan fingerprint density at radius 1 is 1.45 bits per heavy atom. The molecule has 0 saturated carbocycles. The number of fused-ring (bicyclic) bond motifs is 3. The van der Waals surface area contributed by atoms with Crippen molar-refractivity contribution < 1.29 is 14.6 Å². The topological polar surface area (TPSA) is 59.4 Å². The first-order valence-electron chi connectivity index (χ1n) is 5.95. The Labute approximate surface area is 120 Å². The fourth-order valence-corrected chi connectivity index (χ4v) is 3.33. The van der Waals surface area contributed by atoms with Crippen LogP contribution in [-0.4, -0.2) is 31.0 Å². The molecule has 0 fully saturated rings. The van der Waals surface area contributed by atoms with E-state index in [1.807, 2.05) is 24.3 Å². The molecule has 6 heteroatoms. The van der Waals surface area contributed by atoms with E-state index in [0.717, 1.165) is 21.0 Å². The third kappa shape index (κ3) is 1.88. The van der Waals surface area contributed by atoms with E-state index in [1.54, 1.807) is 6.20 Å². The molecule has 3 rings (SSSR count). The van der Waals surface area contributed by atoms with Gasteiger partial charge >= 0.3 is 5.97 Å². The van der Waals surface area contributed by atoms with Gasteiger partial charge in [-0.3, -0.25) is 4.98 Å². The van der Waals surface area contributed by atoms with Crippen molar-refractivity contribution in [1.29, 1.82) is 0 Å². The number of rotatable bonds is 2. The van der Waals surface area contributed by atoms with Gasteiger partial charge in [0.25, 0.3) is 0 Å². The normalized spacial score (nSPS) is 12.7. The van der Waals surface area contributed by atoms with Crippen LogP contribution in [0.2, 0.25) is 0 Å². The maximum absolute atomic E-state index is 11.5. The molecule has 0 aliphatic rings. The number of methoxy groups -OCH3 is 1. The van der Waals surface area contributed by atoms with E-state index in [1.165, 1.54) is 18.4 Å². The van der Waals surface area contributed by atoms with Gasteiger partial charge in [-0.05, 0) is 23.6 Å². The van der Waals surface area contributed by atoms with Gasteiger partial charge in [-0.25, -0.2) is 4.79 Å². The number of aromatic nitrogens is 1. The van der Waals surface area contributed by atoms with E-state index in [9.17, 15) is 9.90 Å². The predicted molar refractivity (Wildman–Crippen MR) is 79.5 cm³/mol. The van der Waals surface area contributed by atoms with Crippen LogP contribution in [0.25, 0.3) is 21.0 Å². The minimum absolute atomic E-state index is 0.404. The smallest absolute Gasteiger partial charge is 0.340 e. The van der Waals surface area contributed by atoms with Gasteiger partial charge in [0.2, 0.25) is 0 Å². The van der Waals surface area contributed by atoms with E-state index in [-0.39, 0.29) is 0 Å². The van der Waals surface area contributed by atoms with Gasteiger partial charge in [0, 0.05) is 21.2 Å². The molecule has 3 aromatic rings. The molecule has 2 aromatic heterocycles. The van der Waals surface area contributed by atoms with Gasteiger partial charge in [0.05, 0.1) is 12.6 Å². The Kier molecular flexibility index (Phi) is 3.20. The minimum Gasteiger partial charge on any atom is -0.467 e. The summed E-state index contributed by atoms with van der Waals surface area (Å²) in [6.07, 6.45) is 0.352. The number of nitrogens with zero attached hydrogens (tertiary/aromatic N) is 1. The summed E-state index contributed by atoms with van der Waals surface area (Å²) >= 11 is 1.29. The van der Waals surface area contributed by atoms with E-state index >= 15 is 0 Å². The van der Waals surface area contributed by atoms with Crippen molar-refractivity contribution in [2.24, 2.45) is 0 Å². The number of benzene rings is 1. The molecular formula is C14H10BNO3S. The number of carbonyl (C=O) groups is 1. The molecule has 0 saturated heterocycles. The van der Waals surface area contributed by atoms with Crippen LogP contribution >= 0.6 is 11.3 Å². The van der Waals surface area contributed by atoms with E-state index in [0.29, 0.717) is 10.3 Å². The fraction of sp³-hybridized carbons (Fsp3) is 0.143. The molecule has 0 aliphatic carbocycles. The highest BCUT2D eigenvalue weighted by molar-refractivity contribution is 7.20. The van der Waals surface area contributed by atoms with Crippen LogP contribution in [-0.2, 0) is 9.53 Å². The molecular weight excluding hydrogens is 273 g/mol. The summed E-state index contributed by atoms with van der Waals surface area (Å²) in [5, 5.41) is 11.7. The molecule has 0 amide bonds. The van der Waals surface area contributed by atoms with Crippen LogP contribution in [0.3, 0.4) is 0 Å². The predicted octanol–water partition coefficient (Wildman–Crippen LogP) is 1.45. The number of aliphatic hydroxyl groups is 1. The molecule has 1 unspecified atom stereocenters. The lowest BCUT2D eigenvalue weighted by Gasteiger charge is -2.07. The number of esters is 1. The van der Waals surface area contributed by atoms with Gasteiger partial charge in [-0.1, -0.05) is 11.5 Å². The second-order valence-corrected chi connectivity index (χ2v) is 5.40. The first kappa shape index (κ1) is 13.1. The minimum atomic E-state index is -1.36. The second kappa shape index (κ2) is 4.88. The maximum atomic E-state index is 11.5. The van der Waals surface area contributed by atoms with Crippen molar-refractivity contribution in [2.45, 2.75) is 6.10 Å². The summed E-state index contributed by atoms with van der Waals surface area (Å²) in [4.78, 5) is 16.1. The number of carbonyl (C=O) groups excluding carboxylic acids is 1. The molecule has 0 spiro atoms. The van der Waals surface area contributed by atoms with Crippen LogP contribution in [0, 0.1) is 0 Å². The highest BCUT2D eigenvalue weighted by Crippen LogP contribution is 2.32. The molecule has 2 radical (unpaired) electrons. The monoisotopic (exact) mass is 283 g/mol. The lowest BCUT2D eigenvalue weighted by molar-refractivity contribution is -0.150. The van der Waals surface area contributed by atoms with Crippen molar-refractivity contribution in [3.63, 3.8) is 0 Å². The summed E-state index contributed by atoms with van der Waals surface area (Å²) in [7, 11) is 7.34. The maximum Gasteiger partial charge on any atom is 0.340 e. The summed E-state index contributed by atoms with van der Waals surface area (Å²) in [5.74, 6) is -0.717. The van der Waals surface area contributed by atoms with Crippen molar-refractivity contribution in [2.75, 3.05) is 7.11 Å². The second-order valence-electron chi connectivity index (χ2n) is 4.31. The molecule has 20 heavy (non-hydrogen) atoms. The molecule has 1 aromatic carbocycles. The van der Waals surface area contributed by atoms with Gasteiger partial charge in [0.15, 0.2) is 6.10 Å². The number of hydrogen-bond donors (Lipinski definition) is 1. The lowest BCUT2D eigenvalue weighted by atomic mass is 9.89. The highest BCUT2D eigenvalue weighted by atomic mass is 32.1. The number of pyridine rings is 1.